The van der Waals surface area contributed by atoms with Gasteiger partial charge >= 0.3 is 0 Å². The van der Waals surface area contributed by atoms with E-state index in [1.165, 1.54) is 12.1 Å². The van der Waals surface area contributed by atoms with Gasteiger partial charge in [0.15, 0.2) is 0 Å². The van der Waals surface area contributed by atoms with Gasteiger partial charge in [-0.25, -0.2) is 0 Å². The maximum absolute atomic E-state index is 10.7. The van der Waals surface area contributed by atoms with Gasteiger partial charge in [0.05, 0.1) is 4.92 Å². The Morgan fingerprint density at radius 1 is 1.47 bits per heavy atom. The zero-order chi connectivity index (χ0) is 14.0. The number of hydrogen-bond acceptors (Lipinski definition) is 3. The zero-order valence-corrected chi connectivity index (χ0v) is 12.0. The second kappa shape index (κ2) is 5.54. The number of benzene rings is 1. The molecule has 0 saturated carbocycles. The predicted molar refractivity (Wildman–Crippen MR) is 76.9 cm³/mol. The molecule has 2 aromatic rings. The van der Waals surface area contributed by atoms with Crippen molar-refractivity contribution < 1.29 is 4.92 Å². The van der Waals surface area contributed by atoms with E-state index in [-0.39, 0.29) is 11.7 Å². The van der Waals surface area contributed by atoms with Crippen molar-refractivity contribution in [1.29, 1.82) is 0 Å². The van der Waals surface area contributed by atoms with E-state index in [2.05, 4.69) is 15.9 Å². The summed E-state index contributed by atoms with van der Waals surface area (Å²) in [6, 6.07) is 6.76. The number of non-ortho nitro benzene ring substituents is 1. The molecular formula is C13H14BrN3O2. The van der Waals surface area contributed by atoms with Crippen molar-refractivity contribution >= 4 is 21.6 Å². The molecule has 0 saturated heterocycles. The SMILES string of the molecule is CC(N)c1ccn(Cc2ccc([N+](=O)[O-])cc2Br)c1. The van der Waals surface area contributed by atoms with Crippen LogP contribution in [0.1, 0.15) is 24.1 Å². The largest absolute Gasteiger partial charge is 0.350 e. The molecule has 0 radical (unpaired) electrons. The van der Waals surface area contributed by atoms with Gasteiger partial charge in [-0.1, -0.05) is 15.9 Å². The van der Waals surface area contributed by atoms with Gasteiger partial charge in [-0.05, 0) is 30.2 Å². The number of hydrogen-bond donors (Lipinski definition) is 1. The Morgan fingerprint density at radius 2 is 2.21 bits per heavy atom. The van der Waals surface area contributed by atoms with Crippen molar-refractivity contribution in [1.82, 2.24) is 4.57 Å². The Morgan fingerprint density at radius 3 is 2.74 bits per heavy atom. The van der Waals surface area contributed by atoms with Gasteiger partial charge in [-0.15, -0.1) is 0 Å². The van der Waals surface area contributed by atoms with Gasteiger partial charge in [0.1, 0.15) is 0 Å². The van der Waals surface area contributed by atoms with Crippen LogP contribution in [0.25, 0.3) is 0 Å². The highest BCUT2D eigenvalue weighted by Gasteiger charge is 2.10. The number of nitrogens with two attached hydrogens (primary N) is 1. The summed E-state index contributed by atoms with van der Waals surface area (Å²) in [6.45, 7) is 2.58. The van der Waals surface area contributed by atoms with E-state index in [1.54, 1.807) is 6.07 Å². The van der Waals surface area contributed by atoms with Crippen LogP contribution in [-0.4, -0.2) is 9.49 Å². The molecule has 0 spiro atoms. The average Bonchev–Trinajstić information content (AvgIpc) is 2.80. The standard InChI is InChI=1S/C13H14BrN3O2/c1-9(15)10-4-5-16(7-10)8-11-2-3-12(17(18)19)6-13(11)14/h2-7,9H,8,15H2,1H3. The topological polar surface area (TPSA) is 74.1 Å². The minimum absolute atomic E-state index is 0.00144. The molecule has 1 heterocycles. The summed E-state index contributed by atoms with van der Waals surface area (Å²) in [7, 11) is 0. The molecule has 1 atom stereocenters. The molecule has 100 valence electrons. The van der Waals surface area contributed by atoms with E-state index < -0.39 is 4.92 Å². The molecule has 2 rings (SSSR count). The maximum atomic E-state index is 10.7. The van der Waals surface area contributed by atoms with E-state index >= 15 is 0 Å². The molecule has 1 unspecified atom stereocenters. The number of rotatable bonds is 4. The highest BCUT2D eigenvalue weighted by atomic mass is 79.9. The molecule has 0 aliphatic heterocycles. The van der Waals surface area contributed by atoms with E-state index in [4.69, 9.17) is 5.73 Å². The fraction of sp³-hybridized carbons (Fsp3) is 0.231. The summed E-state index contributed by atoms with van der Waals surface area (Å²) in [5.74, 6) is 0. The molecule has 5 nitrogen and oxygen atoms in total. The summed E-state index contributed by atoms with van der Waals surface area (Å²) in [5.41, 5.74) is 7.94. The lowest BCUT2D eigenvalue weighted by Gasteiger charge is -2.06. The summed E-state index contributed by atoms with van der Waals surface area (Å²) >= 11 is 3.37. The summed E-state index contributed by atoms with van der Waals surface area (Å²) in [4.78, 5) is 10.3. The minimum atomic E-state index is -0.404. The van der Waals surface area contributed by atoms with E-state index in [1.807, 2.05) is 30.0 Å². The lowest BCUT2D eigenvalue weighted by molar-refractivity contribution is -0.384. The second-order valence-corrected chi connectivity index (χ2v) is 5.29. The van der Waals surface area contributed by atoms with Crippen LogP contribution in [0.5, 0.6) is 0 Å². The van der Waals surface area contributed by atoms with Crippen molar-refractivity contribution in [3.8, 4) is 0 Å². The summed E-state index contributed by atoms with van der Waals surface area (Å²) < 4.78 is 2.74. The molecule has 1 aromatic carbocycles. The number of halogens is 1. The fourth-order valence-corrected chi connectivity index (χ4v) is 2.29. The van der Waals surface area contributed by atoms with Crippen molar-refractivity contribution in [2.24, 2.45) is 5.73 Å². The number of aromatic nitrogens is 1. The van der Waals surface area contributed by atoms with E-state index in [0.29, 0.717) is 6.54 Å². The first-order valence-corrected chi connectivity index (χ1v) is 6.60. The monoisotopic (exact) mass is 323 g/mol. The number of nitro benzene ring substituents is 1. The third-order valence-electron chi connectivity index (χ3n) is 2.90. The van der Waals surface area contributed by atoms with Gasteiger partial charge < -0.3 is 10.3 Å². The molecule has 0 bridgehead atoms. The zero-order valence-electron chi connectivity index (χ0n) is 10.4. The molecule has 0 amide bonds. The third kappa shape index (κ3) is 3.21. The van der Waals surface area contributed by atoms with Gasteiger partial charge in [0, 0.05) is 41.6 Å². The smallest absolute Gasteiger partial charge is 0.270 e. The first-order valence-electron chi connectivity index (χ1n) is 5.81. The van der Waals surface area contributed by atoms with Gasteiger partial charge in [0.2, 0.25) is 0 Å². The Bertz CT molecular complexity index is 608. The molecule has 19 heavy (non-hydrogen) atoms. The molecule has 0 fully saturated rings. The van der Waals surface area contributed by atoms with Crippen molar-refractivity contribution in [3.05, 3.63) is 62.4 Å². The van der Waals surface area contributed by atoms with Crippen LogP contribution in [0.3, 0.4) is 0 Å². The van der Waals surface area contributed by atoms with Gasteiger partial charge in [0.25, 0.3) is 5.69 Å². The fourth-order valence-electron chi connectivity index (χ4n) is 1.80. The van der Waals surface area contributed by atoms with Crippen LogP contribution in [0.2, 0.25) is 0 Å². The lowest BCUT2D eigenvalue weighted by atomic mass is 10.2. The molecule has 1 aromatic heterocycles. The number of nitrogens with zero attached hydrogens (tertiary/aromatic N) is 2. The van der Waals surface area contributed by atoms with Crippen LogP contribution in [0.15, 0.2) is 41.1 Å². The third-order valence-corrected chi connectivity index (χ3v) is 3.64. The molecule has 2 N–H and O–H groups in total. The van der Waals surface area contributed by atoms with Gasteiger partial charge in [-0.3, -0.25) is 10.1 Å². The van der Waals surface area contributed by atoms with Gasteiger partial charge in [-0.2, -0.15) is 0 Å². The quantitative estimate of drug-likeness (QED) is 0.693. The van der Waals surface area contributed by atoms with Crippen LogP contribution in [0, 0.1) is 10.1 Å². The van der Waals surface area contributed by atoms with E-state index in [0.717, 1.165) is 15.6 Å². The Hall–Kier alpha value is -1.66. The van der Waals surface area contributed by atoms with Crippen LogP contribution in [0.4, 0.5) is 5.69 Å². The van der Waals surface area contributed by atoms with Crippen LogP contribution in [-0.2, 0) is 6.54 Å². The van der Waals surface area contributed by atoms with Crippen molar-refractivity contribution in [2.75, 3.05) is 0 Å². The molecular weight excluding hydrogens is 310 g/mol. The highest BCUT2D eigenvalue weighted by molar-refractivity contribution is 9.10. The first-order chi connectivity index (χ1) is 8.97. The molecule has 6 heteroatoms. The second-order valence-electron chi connectivity index (χ2n) is 4.44. The lowest BCUT2D eigenvalue weighted by Crippen LogP contribution is -2.04. The minimum Gasteiger partial charge on any atom is -0.350 e. The average molecular weight is 324 g/mol. The van der Waals surface area contributed by atoms with E-state index in [9.17, 15) is 10.1 Å². The van der Waals surface area contributed by atoms with Crippen molar-refractivity contribution in [2.45, 2.75) is 19.5 Å². The van der Waals surface area contributed by atoms with Crippen LogP contribution < -0.4 is 5.73 Å². The molecule has 0 aliphatic rings. The van der Waals surface area contributed by atoms with Crippen molar-refractivity contribution in [3.63, 3.8) is 0 Å². The maximum Gasteiger partial charge on any atom is 0.270 e. The normalized spacial score (nSPS) is 12.4. The number of nitro groups is 1. The first kappa shape index (κ1) is 13.8. The Labute approximate surface area is 119 Å². The van der Waals surface area contributed by atoms with Crippen LogP contribution >= 0.6 is 15.9 Å². The summed E-state index contributed by atoms with van der Waals surface area (Å²) in [6.07, 6.45) is 3.94. The summed E-state index contributed by atoms with van der Waals surface area (Å²) in [5, 5.41) is 10.7. The highest BCUT2D eigenvalue weighted by Crippen LogP contribution is 2.24. The molecule has 0 aliphatic carbocycles. The Balaban J connectivity index is 2.20. The Kier molecular flexibility index (Phi) is 4.01. The predicted octanol–water partition coefficient (Wildman–Crippen LogP) is 3.23.